The Morgan fingerprint density at radius 1 is 1.20 bits per heavy atom. The highest BCUT2D eigenvalue weighted by Gasteiger charge is 2.19. The number of thiazole rings is 1. The van der Waals surface area contributed by atoms with Crippen LogP contribution in [0.15, 0.2) is 47.6 Å². The predicted octanol–water partition coefficient (Wildman–Crippen LogP) is 3.81. The maximum Gasteiger partial charge on any atom is 0.311 e. The van der Waals surface area contributed by atoms with Crippen molar-refractivity contribution in [2.45, 2.75) is 6.92 Å². The van der Waals surface area contributed by atoms with Crippen molar-refractivity contribution in [1.29, 1.82) is 0 Å². The molecule has 3 aromatic rings. The monoisotopic (exact) mass is 426 g/mol. The van der Waals surface area contributed by atoms with Crippen LogP contribution in [0.4, 0.5) is 5.69 Å². The third kappa shape index (κ3) is 4.44. The van der Waals surface area contributed by atoms with Crippen molar-refractivity contribution in [2.24, 2.45) is 5.10 Å². The number of aromatic nitrogens is 1. The fourth-order valence-corrected chi connectivity index (χ4v) is 3.59. The van der Waals surface area contributed by atoms with Crippen LogP contribution in [-0.4, -0.2) is 36.2 Å². The molecule has 1 heterocycles. The number of benzene rings is 2. The Bertz CT molecular complexity index is 1110. The molecule has 10 heteroatoms. The van der Waals surface area contributed by atoms with Crippen molar-refractivity contribution >= 4 is 29.1 Å². The molecule has 0 spiro atoms. The maximum atomic E-state index is 12.5. The Kier molecular flexibility index (Phi) is 6.38. The quantitative estimate of drug-likeness (QED) is 0.349. The third-order valence-electron chi connectivity index (χ3n) is 4.13. The second kappa shape index (κ2) is 9.14. The van der Waals surface area contributed by atoms with Crippen LogP contribution < -0.4 is 14.9 Å². The van der Waals surface area contributed by atoms with Crippen LogP contribution in [0, 0.1) is 17.0 Å². The van der Waals surface area contributed by atoms with E-state index in [0.29, 0.717) is 11.3 Å². The van der Waals surface area contributed by atoms with Gasteiger partial charge >= 0.3 is 5.69 Å². The highest BCUT2D eigenvalue weighted by Crippen LogP contribution is 2.33. The van der Waals surface area contributed by atoms with Gasteiger partial charge in [-0.3, -0.25) is 14.9 Å². The number of carbonyl (C=O) groups is 1. The molecule has 1 aromatic heterocycles. The van der Waals surface area contributed by atoms with Crippen LogP contribution in [-0.2, 0) is 0 Å². The molecule has 2 aromatic carbocycles. The van der Waals surface area contributed by atoms with E-state index in [-0.39, 0.29) is 17.1 Å². The molecule has 0 aliphatic heterocycles. The lowest BCUT2D eigenvalue weighted by Crippen LogP contribution is -2.19. The first kappa shape index (κ1) is 20.9. The number of carbonyl (C=O) groups excluding carboxylic acids is 1. The Hall–Kier alpha value is -3.79. The van der Waals surface area contributed by atoms with Gasteiger partial charge in [0.1, 0.15) is 16.5 Å². The smallest absolute Gasteiger partial charge is 0.311 e. The lowest BCUT2D eigenvalue weighted by atomic mass is 10.1. The number of rotatable bonds is 7. The summed E-state index contributed by atoms with van der Waals surface area (Å²) in [4.78, 5) is 28.3. The molecule has 30 heavy (non-hydrogen) atoms. The molecule has 0 aliphatic carbocycles. The summed E-state index contributed by atoms with van der Waals surface area (Å²) < 4.78 is 10.2. The average Bonchev–Trinajstić information content (AvgIpc) is 3.15. The van der Waals surface area contributed by atoms with Crippen LogP contribution in [0.25, 0.3) is 10.6 Å². The SMILES string of the molecule is COc1cc(OC)c([N+](=O)[O-])cc1/C=N\NC(=O)c1nc(-c2ccccc2)sc1C. The molecule has 1 amide bonds. The lowest BCUT2D eigenvalue weighted by molar-refractivity contribution is -0.385. The zero-order chi connectivity index (χ0) is 21.7. The number of hydrazone groups is 1. The van der Waals surface area contributed by atoms with Gasteiger partial charge in [-0.15, -0.1) is 11.3 Å². The van der Waals surface area contributed by atoms with Crippen molar-refractivity contribution in [3.8, 4) is 22.1 Å². The summed E-state index contributed by atoms with van der Waals surface area (Å²) in [6.07, 6.45) is 1.27. The number of methoxy groups -OCH3 is 2. The Morgan fingerprint density at radius 3 is 2.53 bits per heavy atom. The van der Waals surface area contributed by atoms with Gasteiger partial charge in [0, 0.05) is 28.1 Å². The van der Waals surface area contributed by atoms with E-state index in [1.807, 2.05) is 30.3 Å². The van der Waals surface area contributed by atoms with Crippen molar-refractivity contribution < 1.29 is 19.2 Å². The number of ether oxygens (including phenoxy) is 2. The van der Waals surface area contributed by atoms with E-state index in [1.165, 1.54) is 43.9 Å². The number of hydrogen-bond donors (Lipinski definition) is 1. The number of nitro groups is 1. The zero-order valence-electron chi connectivity index (χ0n) is 16.4. The normalized spacial score (nSPS) is 10.8. The number of aryl methyl sites for hydroxylation is 1. The van der Waals surface area contributed by atoms with Crippen LogP contribution in [0.2, 0.25) is 0 Å². The molecule has 3 rings (SSSR count). The highest BCUT2D eigenvalue weighted by molar-refractivity contribution is 7.15. The number of nitrogens with zero attached hydrogens (tertiary/aromatic N) is 3. The third-order valence-corrected chi connectivity index (χ3v) is 5.15. The van der Waals surface area contributed by atoms with Gasteiger partial charge in [-0.2, -0.15) is 5.10 Å². The first-order valence-corrected chi connectivity index (χ1v) is 9.53. The molecule has 9 nitrogen and oxygen atoms in total. The maximum absolute atomic E-state index is 12.5. The van der Waals surface area contributed by atoms with E-state index < -0.39 is 10.8 Å². The van der Waals surface area contributed by atoms with E-state index >= 15 is 0 Å². The van der Waals surface area contributed by atoms with Crippen molar-refractivity contribution in [1.82, 2.24) is 10.4 Å². The van der Waals surface area contributed by atoms with Crippen LogP contribution in [0.5, 0.6) is 11.5 Å². The minimum absolute atomic E-state index is 0.0598. The van der Waals surface area contributed by atoms with Gasteiger partial charge < -0.3 is 9.47 Å². The molecule has 0 saturated heterocycles. The van der Waals surface area contributed by atoms with Crippen LogP contribution >= 0.6 is 11.3 Å². The predicted molar refractivity (Wildman–Crippen MR) is 114 cm³/mol. The van der Waals surface area contributed by atoms with Gasteiger partial charge in [-0.05, 0) is 6.92 Å². The summed E-state index contributed by atoms with van der Waals surface area (Å²) >= 11 is 1.41. The summed E-state index contributed by atoms with van der Waals surface area (Å²) in [7, 11) is 2.75. The molecule has 0 unspecified atom stereocenters. The van der Waals surface area contributed by atoms with Crippen molar-refractivity contribution in [2.75, 3.05) is 14.2 Å². The van der Waals surface area contributed by atoms with Gasteiger partial charge in [0.15, 0.2) is 0 Å². The minimum Gasteiger partial charge on any atom is -0.496 e. The minimum atomic E-state index is -0.571. The molecule has 0 aliphatic rings. The van der Waals surface area contributed by atoms with E-state index in [0.717, 1.165) is 15.4 Å². The molecule has 0 saturated carbocycles. The Balaban J connectivity index is 1.80. The largest absolute Gasteiger partial charge is 0.496 e. The molecule has 1 N–H and O–H groups in total. The number of hydrogen-bond acceptors (Lipinski definition) is 8. The standard InChI is InChI=1S/C20H18N4O5S/c1-12-18(22-20(30-12)13-7-5-4-6-8-13)19(25)23-21-11-14-9-15(24(26)27)17(29-3)10-16(14)28-2/h4-11H,1-3H3,(H,23,25)/b21-11-. The molecule has 0 atom stereocenters. The number of nitrogens with one attached hydrogen (secondary N) is 1. The number of nitro benzene ring substituents is 1. The van der Waals surface area contributed by atoms with Crippen LogP contribution in [0.1, 0.15) is 20.9 Å². The van der Waals surface area contributed by atoms with Crippen LogP contribution in [0.3, 0.4) is 0 Å². The van der Waals surface area contributed by atoms with Crippen molar-refractivity contribution in [3.05, 3.63) is 68.7 Å². The Labute approximate surface area is 176 Å². The summed E-state index contributed by atoms with van der Waals surface area (Å²) in [5, 5.41) is 15.9. The summed E-state index contributed by atoms with van der Waals surface area (Å²) in [5.41, 5.74) is 3.66. The summed E-state index contributed by atoms with van der Waals surface area (Å²) in [5.74, 6) is -0.111. The van der Waals surface area contributed by atoms with Gasteiger partial charge in [0.25, 0.3) is 5.91 Å². The van der Waals surface area contributed by atoms with E-state index in [9.17, 15) is 14.9 Å². The van der Waals surface area contributed by atoms with Gasteiger partial charge in [-0.1, -0.05) is 30.3 Å². The summed E-state index contributed by atoms with van der Waals surface area (Å²) in [6.45, 7) is 1.80. The topological polar surface area (TPSA) is 116 Å². The van der Waals surface area contributed by atoms with E-state index in [1.54, 1.807) is 6.92 Å². The molecular weight excluding hydrogens is 408 g/mol. The molecular formula is C20H18N4O5S. The Morgan fingerprint density at radius 2 is 1.90 bits per heavy atom. The average molecular weight is 426 g/mol. The van der Waals surface area contributed by atoms with Gasteiger partial charge in [0.05, 0.1) is 25.4 Å². The molecule has 0 radical (unpaired) electrons. The lowest BCUT2D eigenvalue weighted by Gasteiger charge is -2.08. The van der Waals surface area contributed by atoms with Gasteiger partial charge in [-0.25, -0.2) is 10.4 Å². The first-order chi connectivity index (χ1) is 14.4. The van der Waals surface area contributed by atoms with Crippen molar-refractivity contribution in [3.63, 3.8) is 0 Å². The molecule has 154 valence electrons. The van der Waals surface area contributed by atoms with E-state index in [4.69, 9.17) is 9.47 Å². The second-order valence-corrected chi connectivity index (χ2v) is 7.22. The fraction of sp³-hybridized carbons (Fsp3) is 0.150. The van der Waals surface area contributed by atoms with Gasteiger partial charge in [0.2, 0.25) is 5.75 Å². The first-order valence-electron chi connectivity index (χ1n) is 8.71. The summed E-state index contributed by atoms with van der Waals surface area (Å²) in [6, 6.07) is 12.2. The highest BCUT2D eigenvalue weighted by atomic mass is 32.1. The molecule has 0 fully saturated rings. The second-order valence-electron chi connectivity index (χ2n) is 6.01. The molecule has 0 bridgehead atoms. The fourth-order valence-electron chi connectivity index (χ4n) is 2.67. The van der Waals surface area contributed by atoms with E-state index in [2.05, 4.69) is 15.5 Å². The number of amides is 1. The zero-order valence-corrected chi connectivity index (χ0v) is 17.2.